The molecule has 0 saturated carbocycles. The van der Waals surface area contributed by atoms with Gasteiger partial charge in [0, 0.05) is 38.3 Å². The van der Waals surface area contributed by atoms with Gasteiger partial charge in [0.25, 0.3) is 0 Å². The molecule has 3 heterocycles. The van der Waals surface area contributed by atoms with E-state index in [1.54, 1.807) is 12.1 Å². The molecule has 1 amide bonds. The molecule has 4 rings (SSSR count). The van der Waals surface area contributed by atoms with Crippen LogP contribution in [0.5, 0.6) is 0 Å². The predicted octanol–water partition coefficient (Wildman–Crippen LogP) is 2.97. The zero-order valence-corrected chi connectivity index (χ0v) is 14.6. The lowest BCUT2D eigenvalue weighted by molar-refractivity contribution is -0.187. The van der Waals surface area contributed by atoms with Crippen molar-refractivity contribution < 1.29 is 18.7 Å². The van der Waals surface area contributed by atoms with E-state index in [0.717, 1.165) is 5.56 Å². The fourth-order valence-corrected chi connectivity index (χ4v) is 3.81. The van der Waals surface area contributed by atoms with Crippen molar-refractivity contribution in [3.63, 3.8) is 0 Å². The Labute approximate surface area is 152 Å². The number of halogens is 1. The monoisotopic (exact) mass is 358 g/mol. The number of amides is 1. The summed E-state index contributed by atoms with van der Waals surface area (Å²) in [4.78, 5) is 14.8. The lowest BCUT2D eigenvalue weighted by Gasteiger charge is -2.38. The van der Waals surface area contributed by atoms with Gasteiger partial charge in [-0.3, -0.25) is 4.79 Å². The maximum Gasteiger partial charge on any atom is 0.225 e. The highest BCUT2D eigenvalue weighted by Gasteiger charge is 2.40. The van der Waals surface area contributed by atoms with Crippen molar-refractivity contribution in [2.45, 2.75) is 31.1 Å². The minimum absolute atomic E-state index is 0.0980. The number of nitrogens with zero attached hydrogens (tertiary/aromatic N) is 2. The second-order valence-electron chi connectivity index (χ2n) is 6.89. The normalized spacial score (nSPS) is 20.4. The average molecular weight is 358 g/mol. The van der Waals surface area contributed by atoms with Crippen molar-refractivity contribution in [3.8, 4) is 0 Å². The molecule has 0 N–H and O–H groups in total. The van der Waals surface area contributed by atoms with E-state index in [9.17, 15) is 9.18 Å². The Morgan fingerprint density at radius 2 is 1.69 bits per heavy atom. The van der Waals surface area contributed by atoms with Gasteiger partial charge in [0.05, 0.1) is 25.7 Å². The van der Waals surface area contributed by atoms with E-state index in [1.165, 1.54) is 12.1 Å². The number of carbonyl (C=O) groups is 1. The van der Waals surface area contributed by atoms with Crippen LogP contribution in [0.2, 0.25) is 0 Å². The molecule has 1 atom stereocenters. The fraction of sp³-hybridized carbons (Fsp3) is 0.450. The highest BCUT2D eigenvalue weighted by atomic mass is 19.1. The number of benzene rings is 1. The van der Waals surface area contributed by atoms with Crippen molar-refractivity contribution in [1.82, 2.24) is 9.47 Å². The van der Waals surface area contributed by atoms with E-state index >= 15 is 0 Å². The molecule has 2 aliphatic rings. The standard InChI is InChI=1S/C20H23FN2O3/c21-17-5-3-16(4-6-17)18(22-9-1-2-10-22)15-19(24)23-11-7-20(8-12-23)25-13-14-26-20/h1-6,9-10,18H,7-8,11-15H2/t18-/m1/s1. The van der Waals surface area contributed by atoms with Crippen molar-refractivity contribution in [3.05, 3.63) is 60.2 Å². The van der Waals surface area contributed by atoms with Crippen LogP contribution in [0.4, 0.5) is 4.39 Å². The van der Waals surface area contributed by atoms with Crippen LogP contribution >= 0.6 is 0 Å². The Bertz CT molecular complexity index is 729. The summed E-state index contributed by atoms with van der Waals surface area (Å²) < 4.78 is 26.7. The Hall–Kier alpha value is -2.18. The summed E-state index contributed by atoms with van der Waals surface area (Å²) >= 11 is 0. The quantitative estimate of drug-likeness (QED) is 0.844. The molecular weight excluding hydrogens is 335 g/mol. The van der Waals surface area contributed by atoms with Crippen LogP contribution in [0.25, 0.3) is 0 Å². The number of hydrogen-bond donors (Lipinski definition) is 0. The van der Waals surface area contributed by atoms with Gasteiger partial charge in [-0.1, -0.05) is 12.1 Å². The largest absolute Gasteiger partial charge is 0.347 e. The first-order valence-electron chi connectivity index (χ1n) is 9.09. The Kier molecular flexibility index (Phi) is 4.78. The summed E-state index contributed by atoms with van der Waals surface area (Å²) in [5.74, 6) is -0.654. The van der Waals surface area contributed by atoms with Crippen LogP contribution in [-0.4, -0.2) is 47.5 Å². The van der Waals surface area contributed by atoms with Gasteiger partial charge in [0.1, 0.15) is 5.82 Å². The number of hydrogen-bond acceptors (Lipinski definition) is 3. The Morgan fingerprint density at radius 1 is 1.08 bits per heavy atom. The molecule has 2 saturated heterocycles. The molecule has 6 heteroatoms. The van der Waals surface area contributed by atoms with E-state index in [1.807, 2.05) is 34.0 Å². The highest BCUT2D eigenvalue weighted by Crippen LogP contribution is 2.32. The van der Waals surface area contributed by atoms with E-state index in [-0.39, 0.29) is 17.8 Å². The zero-order valence-electron chi connectivity index (χ0n) is 14.6. The van der Waals surface area contributed by atoms with Crippen molar-refractivity contribution in [2.75, 3.05) is 26.3 Å². The van der Waals surface area contributed by atoms with Gasteiger partial charge in [0.15, 0.2) is 5.79 Å². The van der Waals surface area contributed by atoms with Gasteiger partial charge in [-0.05, 0) is 29.8 Å². The molecule has 0 bridgehead atoms. The molecule has 26 heavy (non-hydrogen) atoms. The van der Waals surface area contributed by atoms with Crippen LogP contribution < -0.4 is 0 Å². The van der Waals surface area contributed by atoms with Crippen LogP contribution in [0.15, 0.2) is 48.8 Å². The SMILES string of the molecule is O=C(C[C@H](c1ccc(F)cc1)n1cccc1)N1CCC2(CC1)OCCO2. The summed E-state index contributed by atoms with van der Waals surface area (Å²) in [6, 6.07) is 10.1. The number of rotatable bonds is 4. The summed E-state index contributed by atoms with van der Waals surface area (Å²) in [6.07, 6.45) is 5.64. The second-order valence-corrected chi connectivity index (χ2v) is 6.89. The van der Waals surface area contributed by atoms with Gasteiger partial charge >= 0.3 is 0 Å². The van der Waals surface area contributed by atoms with E-state index in [4.69, 9.17) is 9.47 Å². The van der Waals surface area contributed by atoms with Crippen LogP contribution in [-0.2, 0) is 14.3 Å². The lowest BCUT2D eigenvalue weighted by Crippen LogP contribution is -2.47. The molecule has 5 nitrogen and oxygen atoms in total. The van der Waals surface area contributed by atoms with E-state index in [0.29, 0.717) is 45.6 Å². The topological polar surface area (TPSA) is 43.7 Å². The smallest absolute Gasteiger partial charge is 0.225 e. The van der Waals surface area contributed by atoms with E-state index in [2.05, 4.69) is 0 Å². The zero-order chi connectivity index (χ0) is 18.0. The maximum absolute atomic E-state index is 13.3. The average Bonchev–Trinajstić information content (AvgIpc) is 3.34. The molecule has 2 aliphatic heterocycles. The third-order valence-electron chi connectivity index (χ3n) is 5.30. The Balaban J connectivity index is 1.46. The summed E-state index contributed by atoms with van der Waals surface area (Å²) in [7, 11) is 0. The maximum atomic E-state index is 13.3. The first-order chi connectivity index (χ1) is 12.7. The molecule has 1 spiro atoms. The summed E-state index contributed by atoms with van der Waals surface area (Å²) in [5, 5.41) is 0. The fourth-order valence-electron chi connectivity index (χ4n) is 3.81. The third-order valence-corrected chi connectivity index (χ3v) is 5.30. The minimum Gasteiger partial charge on any atom is -0.347 e. The minimum atomic E-state index is -0.479. The molecular formula is C20H23FN2O3. The number of aromatic nitrogens is 1. The predicted molar refractivity (Wildman–Crippen MR) is 94.0 cm³/mol. The van der Waals surface area contributed by atoms with Gasteiger partial charge in [0.2, 0.25) is 5.91 Å². The molecule has 2 aromatic rings. The number of ether oxygens (including phenoxy) is 2. The van der Waals surface area contributed by atoms with Gasteiger partial charge in [-0.2, -0.15) is 0 Å². The highest BCUT2D eigenvalue weighted by molar-refractivity contribution is 5.77. The molecule has 1 aromatic carbocycles. The second kappa shape index (κ2) is 7.21. The van der Waals surface area contributed by atoms with Crippen LogP contribution in [0.3, 0.4) is 0 Å². The number of likely N-dealkylation sites (tertiary alicyclic amines) is 1. The van der Waals surface area contributed by atoms with E-state index < -0.39 is 5.79 Å². The van der Waals surface area contributed by atoms with Crippen molar-refractivity contribution in [2.24, 2.45) is 0 Å². The lowest BCUT2D eigenvalue weighted by atomic mass is 10.00. The number of carbonyl (C=O) groups excluding carboxylic acids is 1. The number of piperidine rings is 1. The molecule has 1 aromatic heterocycles. The van der Waals surface area contributed by atoms with Gasteiger partial charge in [-0.15, -0.1) is 0 Å². The summed E-state index contributed by atoms with van der Waals surface area (Å²) in [6.45, 7) is 2.55. The molecule has 0 unspecified atom stereocenters. The van der Waals surface area contributed by atoms with Crippen LogP contribution in [0, 0.1) is 5.82 Å². The molecule has 0 radical (unpaired) electrons. The summed E-state index contributed by atoms with van der Waals surface area (Å²) in [5.41, 5.74) is 0.923. The van der Waals surface area contributed by atoms with Crippen molar-refractivity contribution >= 4 is 5.91 Å². The van der Waals surface area contributed by atoms with Crippen LogP contribution in [0.1, 0.15) is 30.9 Å². The van der Waals surface area contributed by atoms with Gasteiger partial charge in [-0.25, -0.2) is 4.39 Å². The molecule has 2 fully saturated rings. The first kappa shape index (κ1) is 17.2. The third kappa shape index (κ3) is 3.52. The molecule has 138 valence electrons. The molecule has 0 aliphatic carbocycles. The van der Waals surface area contributed by atoms with Crippen molar-refractivity contribution in [1.29, 1.82) is 0 Å². The first-order valence-corrected chi connectivity index (χ1v) is 9.09. The Morgan fingerprint density at radius 3 is 2.31 bits per heavy atom. The van der Waals surface area contributed by atoms with Gasteiger partial charge < -0.3 is 18.9 Å².